The van der Waals surface area contributed by atoms with Gasteiger partial charge >= 0.3 is 5.97 Å². The average molecular weight is 310 g/mol. The minimum absolute atomic E-state index is 0.195. The first-order valence-corrected chi connectivity index (χ1v) is 8.32. The normalized spacial score (nSPS) is 15.1. The first-order chi connectivity index (χ1) is 10.2. The molecule has 0 N–H and O–H groups in total. The molecule has 1 aromatic rings. The van der Waals surface area contributed by atoms with Gasteiger partial charge < -0.3 is 9.64 Å². The Morgan fingerprint density at radius 2 is 1.95 bits per heavy atom. The Morgan fingerprint density at radius 1 is 1.24 bits per heavy atom. The van der Waals surface area contributed by atoms with E-state index in [1.165, 1.54) is 19.3 Å². The summed E-state index contributed by atoms with van der Waals surface area (Å²) in [6, 6.07) is 3.68. The molecule has 0 unspecified atom stereocenters. The van der Waals surface area contributed by atoms with Crippen molar-refractivity contribution in [3.63, 3.8) is 0 Å². The van der Waals surface area contributed by atoms with E-state index in [9.17, 15) is 4.79 Å². The topological polar surface area (TPSA) is 29.5 Å². The second kappa shape index (κ2) is 7.69. The monoisotopic (exact) mass is 309 g/mol. The van der Waals surface area contributed by atoms with Crippen molar-refractivity contribution in [1.29, 1.82) is 0 Å². The molecule has 0 spiro atoms. The van der Waals surface area contributed by atoms with E-state index in [1.807, 2.05) is 19.1 Å². The van der Waals surface area contributed by atoms with Crippen LogP contribution < -0.4 is 9.64 Å². The third-order valence-corrected chi connectivity index (χ3v) is 4.18. The lowest BCUT2D eigenvalue weighted by Crippen LogP contribution is -2.30. The smallest absolute Gasteiger partial charge is 0.310 e. The largest absolute Gasteiger partial charge is 0.426 e. The lowest BCUT2D eigenvalue weighted by molar-refractivity contribution is -0.134. The molecule has 3 nitrogen and oxygen atoms in total. The summed E-state index contributed by atoms with van der Waals surface area (Å²) in [5, 5.41) is 0.761. The summed E-state index contributed by atoms with van der Waals surface area (Å²) in [4.78, 5) is 14.0. The molecule has 1 aromatic carbocycles. The SMILES string of the molecule is CCCc1c(OC(=O)CC)ccc(Cl)c1N1CCCCC1. The van der Waals surface area contributed by atoms with Crippen molar-refractivity contribution in [3.8, 4) is 5.75 Å². The molecular formula is C17H24ClNO2. The van der Waals surface area contributed by atoms with Crippen molar-refractivity contribution >= 4 is 23.3 Å². The molecule has 1 saturated heterocycles. The highest BCUT2D eigenvalue weighted by atomic mass is 35.5. The fourth-order valence-corrected chi connectivity index (χ4v) is 3.13. The summed E-state index contributed by atoms with van der Waals surface area (Å²) < 4.78 is 5.51. The maximum absolute atomic E-state index is 11.6. The zero-order chi connectivity index (χ0) is 15.2. The molecule has 2 rings (SSSR count). The second-order valence-corrected chi connectivity index (χ2v) is 5.91. The molecule has 0 aliphatic carbocycles. The highest BCUT2D eigenvalue weighted by molar-refractivity contribution is 6.33. The first kappa shape index (κ1) is 16.2. The number of halogens is 1. The molecule has 116 valence electrons. The van der Waals surface area contributed by atoms with E-state index in [1.54, 1.807) is 0 Å². The van der Waals surface area contributed by atoms with Gasteiger partial charge in [0.25, 0.3) is 0 Å². The molecule has 1 heterocycles. The van der Waals surface area contributed by atoms with E-state index in [2.05, 4.69) is 11.8 Å². The van der Waals surface area contributed by atoms with Crippen LogP contribution in [0.1, 0.15) is 51.5 Å². The van der Waals surface area contributed by atoms with Gasteiger partial charge in [-0.25, -0.2) is 0 Å². The number of benzene rings is 1. The van der Waals surface area contributed by atoms with E-state index in [0.717, 1.165) is 42.2 Å². The van der Waals surface area contributed by atoms with E-state index >= 15 is 0 Å². The van der Waals surface area contributed by atoms with Crippen molar-refractivity contribution in [2.24, 2.45) is 0 Å². The van der Waals surface area contributed by atoms with Gasteiger partial charge in [-0.2, -0.15) is 0 Å². The van der Waals surface area contributed by atoms with Gasteiger partial charge in [0.1, 0.15) is 5.75 Å². The minimum atomic E-state index is -0.195. The third-order valence-electron chi connectivity index (χ3n) is 3.88. The molecule has 0 aromatic heterocycles. The summed E-state index contributed by atoms with van der Waals surface area (Å²) in [7, 11) is 0. The van der Waals surface area contributed by atoms with Gasteiger partial charge in [0.2, 0.25) is 0 Å². The molecule has 0 radical (unpaired) electrons. The molecule has 0 saturated carbocycles. The van der Waals surface area contributed by atoms with E-state index in [4.69, 9.17) is 16.3 Å². The number of carbonyl (C=O) groups is 1. The van der Waals surface area contributed by atoms with Crippen molar-refractivity contribution < 1.29 is 9.53 Å². The number of hydrogen-bond donors (Lipinski definition) is 0. The molecule has 1 fully saturated rings. The number of ether oxygens (including phenoxy) is 1. The molecule has 4 heteroatoms. The van der Waals surface area contributed by atoms with Crippen LogP contribution in [-0.2, 0) is 11.2 Å². The van der Waals surface area contributed by atoms with Crippen molar-refractivity contribution in [2.45, 2.75) is 52.4 Å². The number of nitrogens with zero attached hydrogens (tertiary/aromatic N) is 1. The predicted octanol–water partition coefficient (Wildman–Crippen LogP) is 4.60. The Balaban J connectivity index is 2.39. The van der Waals surface area contributed by atoms with Gasteiger partial charge in [0.15, 0.2) is 0 Å². The van der Waals surface area contributed by atoms with Crippen molar-refractivity contribution in [1.82, 2.24) is 0 Å². The van der Waals surface area contributed by atoms with E-state index in [0.29, 0.717) is 12.2 Å². The molecule has 0 bridgehead atoms. The highest BCUT2D eigenvalue weighted by Gasteiger charge is 2.21. The Bertz CT molecular complexity index is 496. The zero-order valence-electron chi connectivity index (χ0n) is 13.0. The van der Waals surface area contributed by atoms with Crippen LogP contribution in [0.3, 0.4) is 0 Å². The standard InChI is InChI=1S/C17H24ClNO2/c1-3-8-13-15(21-16(20)4-2)10-9-14(18)17(13)19-11-6-5-7-12-19/h9-10H,3-8,11-12H2,1-2H3. The Hall–Kier alpha value is -1.22. The maximum atomic E-state index is 11.6. The molecule has 1 aliphatic heterocycles. The van der Waals surface area contributed by atoms with Crippen LogP contribution in [0.5, 0.6) is 5.75 Å². The quantitative estimate of drug-likeness (QED) is 0.588. The van der Waals surface area contributed by atoms with Gasteiger partial charge in [0.05, 0.1) is 10.7 Å². The first-order valence-electron chi connectivity index (χ1n) is 7.94. The Labute approximate surface area is 132 Å². The molecular weight excluding hydrogens is 286 g/mol. The summed E-state index contributed by atoms with van der Waals surface area (Å²) in [5.74, 6) is 0.480. The van der Waals surface area contributed by atoms with Gasteiger partial charge in [-0.05, 0) is 37.8 Å². The van der Waals surface area contributed by atoms with Crippen LogP contribution in [0.15, 0.2) is 12.1 Å². The molecule has 0 amide bonds. The van der Waals surface area contributed by atoms with Gasteiger partial charge in [-0.1, -0.05) is 31.9 Å². The van der Waals surface area contributed by atoms with Crippen molar-refractivity contribution in [3.05, 3.63) is 22.7 Å². The number of carbonyl (C=O) groups excluding carboxylic acids is 1. The number of piperidine rings is 1. The average Bonchev–Trinajstić information content (AvgIpc) is 2.51. The summed E-state index contributed by atoms with van der Waals surface area (Å²) >= 11 is 6.46. The number of anilines is 1. The van der Waals surface area contributed by atoms with Crippen LogP contribution in [-0.4, -0.2) is 19.1 Å². The summed E-state index contributed by atoms with van der Waals surface area (Å²) in [6.45, 7) is 6.00. The fourth-order valence-electron chi connectivity index (χ4n) is 2.83. The minimum Gasteiger partial charge on any atom is -0.426 e. The number of hydrogen-bond acceptors (Lipinski definition) is 3. The Kier molecular flexibility index (Phi) is 5.92. The van der Waals surface area contributed by atoms with Crippen LogP contribution in [0.25, 0.3) is 0 Å². The van der Waals surface area contributed by atoms with Gasteiger partial charge in [-0.3, -0.25) is 4.79 Å². The third kappa shape index (κ3) is 3.91. The zero-order valence-corrected chi connectivity index (χ0v) is 13.7. The van der Waals surface area contributed by atoms with Gasteiger partial charge in [-0.15, -0.1) is 0 Å². The van der Waals surface area contributed by atoms with Crippen molar-refractivity contribution in [2.75, 3.05) is 18.0 Å². The van der Waals surface area contributed by atoms with E-state index < -0.39 is 0 Å². The van der Waals surface area contributed by atoms with E-state index in [-0.39, 0.29) is 5.97 Å². The Morgan fingerprint density at radius 3 is 2.57 bits per heavy atom. The lowest BCUT2D eigenvalue weighted by Gasteiger charge is -2.32. The number of rotatable bonds is 5. The molecule has 0 atom stereocenters. The van der Waals surface area contributed by atoms with Crippen LogP contribution in [0.4, 0.5) is 5.69 Å². The lowest BCUT2D eigenvalue weighted by atomic mass is 10.0. The maximum Gasteiger partial charge on any atom is 0.310 e. The van der Waals surface area contributed by atoms with Crippen LogP contribution in [0, 0.1) is 0 Å². The molecule has 21 heavy (non-hydrogen) atoms. The fraction of sp³-hybridized carbons (Fsp3) is 0.588. The van der Waals surface area contributed by atoms with Crippen LogP contribution in [0.2, 0.25) is 5.02 Å². The van der Waals surface area contributed by atoms with Gasteiger partial charge in [0, 0.05) is 25.1 Å². The van der Waals surface area contributed by atoms with Crippen LogP contribution >= 0.6 is 11.6 Å². The highest BCUT2D eigenvalue weighted by Crippen LogP contribution is 2.38. The second-order valence-electron chi connectivity index (χ2n) is 5.50. The number of esters is 1. The predicted molar refractivity (Wildman–Crippen MR) is 87.4 cm³/mol. The summed E-state index contributed by atoms with van der Waals surface area (Å²) in [6.07, 6.45) is 5.92. The summed E-state index contributed by atoms with van der Waals surface area (Å²) in [5.41, 5.74) is 2.15. The molecule has 1 aliphatic rings.